The Morgan fingerprint density at radius 1 is 0.933 bits per heavy atom. The molecule has 2 aromatic carbocycles. The first-order valence-electron chi connectivity index (χ1n) is 9.97. The van der Waals surface area contributed by atoms with Gasteiger partial charge in [0.1, 0.15) is 0 Å². The molecule has 5 nitrogen and oxygen atoms in total. The molecule has 154 valence electrons. The number of piperazine rings is 1. The van der Waals surface area contributed by atoms with E-state index in [4.69, 9.17) is 23.2 Å². The summed E-state index contributed by atoms with van der Waals surface area (Å²) in [6.45, 7) is 4.68. The van der Waals surface area contributed by atoms with Crippen LogP contribution in [0.3, 0.4) is 0 Å². The van der Waals surface area contributed by atoms with Crippen molar-refractivity contribution in [3.63, 3.8) is 0 Å². The maximum absolute atomic E-state index is 12.8. The maximum atomic E-state index is 12.8. The average Bonchev–Trinajstić information content (AvgIpc) is 2.80. The fraction of sp³-hybridized carbons (Fsp3) is 0.261. The topological polar surface area (TPSA) is 49.3 Å². The fourth-order valence-corrected chi connectivity index (χ4v) is 3.90. The third-order valence-corrected chi connectivity index (χ3v) is 5.92. The van der Waals surface area contributed by atoms with E-state index < -0.39 is 0 Å². The summed E-state index contributed by atoms with van der Waals surface area (Å²) in [4.78, 5) is 16.7. The molecule has 1 aliphatic heterocycles. The van der Waals surface area contributed by atoms with Gasteiger partial charge in [-0.1, -0.05) is 54.4 Å². The van der Waals surface area contributed by atoms with E-state index in [-0.39, 0.29) is 5.91 Å². The highest BCUT2D eigenvalue weighted by Gasteiger charge is 2.24. The second-order valence-corrected chi connectivity index (χ2v) is 8.07. The maximum Gasteiger partial charge on any atom is 0.255 e. The lowest BCUT2D eigenvalue weighted by Gasteiger charge is -2.35. The predicted octanol–water partition coefficient (Wildman–Crippen LogP) is 4.98. The van der Waals surface area contributed by atoms with E-state index in [1.807, 2.05) is 12.1 Å². The van der Waals surface area contributed by atoms with Crippen molar-refractivity contribution in [3.8, 4) is 11.3 Å². The Kier molecular flexibility index (Phi) is 6.21. The molecule has 30 heavy (non-hydrogen) atoms. The SMILES string of the molecule is CCc1ccc(-c2ccc(N3CCN(C(=O)c4cc(Cl)ccc4Cl)CC3)nn2)cc1. The smallest absolute Gasteiger partial charge is 0.255 e. The average molecular weight is 441 g/mol. The van der Waals surface area contributed by atoms with Crippen LogP contribution in [0.25, 0.3) is 11.3 Å². The Morgan fingerprint density at radius 3 is 2.30 bits per heavy atom. The van der Waals surface area contributed by atoms with Crippen molar-refractivity contribution in [3.05, 3.63) is 75.8 Å². The number of hydrogen-bond donors (Lipinski definition) is 0. The van der Waals surface area contributed by atoms with Crippen molar-refractivity contribution < 1.29 is 4.79 Å². The number of rotatable bonds is 4. The Morgan fingerprint density at radius 2 is 1.67 bits per heavy atom. The summed E-state index contributed by atoms with van der Waals surface area (Å²) in [5.41, 5.74) is 3.65. The lowest BCUT2D eigenvalue weighted by Crippen LogP contribution is -2.49. The highest BCUT2D eigenvalue weighted by molar-refractivity contribution is 6.35. The van der Waals surface area contributed by atoms with Crippen LogP contribution < -0.4 is 4.90 Å². The lowest BCUT2D eigenvalue weighted by molar-refractivity contribution is 0.0746. The Hall–Kier alpha value is -2.63. The summed E-state index contributed by atoms with van der Waals surface area (Å²) in [7, 11) is 0. The van der Waals surface area contributed by atoms with Crippen molar-refractivity contribution in [2.24, 2.45) is 0 Å². The molecule has 7 heteroatoms. The fourth-order valence-electron chi connectivity index (χ4n) is 3.53. The summed E-state index contributed by atoms with van der Waals surface area (Å²) < 4.78 is 0. The van der Waals surface area contributed by atoms with Crippen LogP contribution in [0.15, 0.2) is 54.6 Å². The van der Waals surface area contributed by atoms with Crippen LogP contribution in [0.1, 0.15) is 22.8 Å². The van der Waals surface area contributed by atoms with Crippen LogP contribution in [0.2, 0.25) is 10.0 Å². The third kappa shape index (κ3) is 4.42. The predicted molar refractivity (Wildman–Crippen MR) is 121 cm³/mol. The van der Waals surface area contributed by atoms with Gasteiger partial charge in [-0.05, 0) is 42.3 Å². The van der Waals surface area contributed by atoms with E-state index in [9.17, 15) is 4.79 Å². The molecule has 2 heterocycles. The molecule has 1 saturated heterocycles. The van der Waals surface area contributed by atoms with Crippen LogP contribution >= 0.6 is 23.2 Å². The number of benzene rings is 2. The zero-order chi connectivity index (χ0) is 21.1. The van der Waals surface area contributed by atoms with E-state index in [0.717, 1.165) is 23.5 Å². The summed E-state index contributed by atoms with van der Waals surface area (Å²) >= 11 is 12.2. The largest absolute Gasteiger partial charge is 0.352 e. The molecule has 0 saturated carbocycles. The first-order chi connectivity index (χ1) is 14.5. The molecule has 0 unspecified atom stereocenters. The minimum atomic E-state index is -0.0980. The van der Waals surface area contributed by atoms with Gasteiger partial charge in [0.2, 0.25) is 0 Å². The highest BCUT2D eigenvalue weighted by Crippen LogP contribution is 2.24. The molecule has 3 aromatic rings. The van der Waals surface area contributed by atoms with E-state index in [1.165, 1.54) is 5.56 Å². The van der Waals surface area contributed by atoms with Crippen molar-refractivity contribution >= 4 is 34.9 Å². The monoisotopic (exact) mass is 440 g/mol. The van der Waals surface area contributed by atoms with E-state index >= 15 is 0 Å². The number of halogens is 2. The standard InChI is InChI=1S/C23H22Cl2N4O/c1-2-16-3-5-17(6-4-16)21-9-10-22(27-26-21)28-11-13-29(14-12-28)23(30)19-15-18(24)7-8-20(19)25/h3-10,15H,2,11-14H2,1H3. The molecule has 1 fully saturated rings. The Labute approximate surface area is 186 Å². The molecule has 0 spiro atoms. The molecule has 1 aromatic heterocycles. The van der Waals surface area contributed by atoms with Crippen LogP contribution in [0.4, 0.5) is 5.82 Å². The van der Waals surface area contributed by atoms with E-state index in [2.05, 4.69) is 46.3 Å². The third-order valence-electron chi connectivity index (χ3n) is 5.36. The molecule has 0 bridgehead atoms. The van der Waals surface area contributed by atoms with Crippen LogP contribution in [0, 0.1) is 0 Å². The molecule has 1 amide bonds. The molecular weight excluding hydrogens is 419 g/mol. The molecule has 0 radical (unpaired) electrons. The molecule has 0 atom stereocenters. The molecule has 4 rings (SSSR count). The van der Waals surface area contributed by atoms with Gasteiger partial charge >= 0.3 is 0 Å². The number of hydrogen-bond acceptors (Lipinski definition) is 4. The lowest BCUT2D eigenvalue weighted by atomic mass is 10.1. The number of amides is 1. The summed E-state index contributed by atoms with van der Waals surface area (Å²) in [6, 6.07) is 17.3. The van der Waals surface area contributed by atoms with Crippen LogP contribution in [-0.4, -0.2) is 47.2 Å². The molecule has 1 aliphatic rings. The van der Waals surface area contributed by atoms with Gasteiger partial charge in [0.05, 0.1) is 16.3 Å². The van der Waals surface area contributed by atoms with Gasteiger partial charge in [0, 0.05) is 36.8 Å². The molecule has 0 aliphatic carbocycles. The highest BCUT2D eigenvalue weighted by atomic mass is 35.5. The van der Waals surface area contributed by atoms with Gasteiger partial charge in [-0.2, -0.15) is 0 Å². The number of carbonyl (C=O) groups is 1. The van der Waals surface area contributed by atoms with Gasteiger partial charge in [0.25, 0.3) is 5.91 Å². The molecular formula is C23H22Cl2N4O. The van der Waals surface area contributed by atoms with Crippen LogP contribution in [-0.2, 0) is 6.42 Å². The van der Waals surface area contributed by atoms with Crippen molar-refractivity contribution in [1.82, 2.24) is 15.1 Å². The minimum Gasteiger partial charge on any atom is -0.352 e. The Balaban J connectivity index is 1.40. The zero-order valence-electron chi connectivity index (χ0n) is 16.7. The van der Waals surface area contributed by atoms with Gasteiger partial charge < -0.3 is 9.80 Å². The number of aromatic nitrogens is 2. The molecule has 0 N–H and O–H groups in total. The first-order valence-corrected chi connectivity index (χ1v) is 10.7. The van der Waals surface area contributed by atoms with Crippen molar-refractivity contribution in [2.75, 3.05) is 31.1 Å². The summed E-state index contributed by atoms with van der Waals surface area (Å²) in [6.07, 6.45) is 1.02. The van der Waals surface area contributed by atoms with Gasteiger partial charge in [-0.25, -0.2) is 0 Å². The zero-order valence-corrected chi connectivity index (χ0v) is 18.2. The quantitative estimate of drug-likeness (QED) is 0.574. The van der Waals surface area contributed by atoms with Crippen molar-refractivity contribution in [1.29, 1.82) is 0 Å². The Bertz CT molecular complexity index is 1030. The number of carbonyl (C=O) groups excluding carboxylic acids is 1. The second-order valence-electron chi connectivity index (χ2n) is 7.23. The first kappa shape index (κ1) is 20.6. The van der Waals surface area contributed by atoms with Crippen molar-refractivity contribution in [2.45, 2.75) is 13.3 Å². The van der Waals surface area contributed by atoms with Gasteiger partial charge in [0.15, 0.2) is 5.82 Å². The second kappa shape index (κ2) is 9.02. The van der Waals surface area contributed by atoms with Gasteiger partial charge in [-0.3, -0.25) is 4.79 Å². The number of aryl methyl sites for hydroxylation is 1. The van der Waals surface area contributed by atoms with E-state index in [0.29, 0.717) is 41.8 Å². The summed E-state index contributed by atoms with van der Waals surface area (Å²) in [5.74, 6) is 0.718. The minimum absolute atomic E-state index is 0.0980. The number of anilines is 1. The normalized spacial score (nSPS) is 14.1. The van der Waals surface area contributed by atoms with Gasteiger partial charge in [-0.15, -0.1) is 10.2 Å². The van der Waals surface area contributed by atoms with E-state index in [1.54, 1.807) is 23.1 Å². The van der Waals surface area contributed by atoms with Crippen LogP contribution in [0.5, 0.6) is 0 Å². The summed E-state index contributed by atoms with van der Waals surface area (Å²) in [5, 5.41) is 9.73. The number of nitrogens with zero attached hydrogens (tertiary/aromatic N) is 4.